The third kappa shape index (κ3) is 3.49. The lowest BCUT2D eigenvalue weighted by molar-refractivity contribution is 1.44. The smallest absolute Gasteiger partial charge is 0.0998 e. The molecule has 0 aromatic heterocycles. The second-order valence-electron chi connectivity index (χ2n) is 12.8. The number of nitrogens with zero attached hydrogens (tertiary/aromatic N) is 4. The maximum Gasteiger partial charge on any atom is 0.0998 e. The van der Waals surface area contributed by atoms with Gasteiger partial charge in [-0.25, -0.2) is 0 Å². The Balaban J connectivity index is 1.47. The summed E-state index contributed by atoms with van der Waals surface area (Å²) in [5, 5.41) is 46.9. The molecule has 0 saturated heterocycles. The molecule has 50 heavy (non-hydrogen) atoms. The predicted octanol–water partition coefficient (Wildman–Crippen LogP) is 11.3. The summed E-state index contributed by atoms with van der Waals surface area (Å²) in [7, 11) is 0. The highest BCUT2D eigenvalue weighted by molar-refractivity contribution is 6.33. The lowest BCUT2D eigenvalue weighted by Crippen LogP contribution is -1.97. The van der Waals surface area contributed by atoms with Crippen molar-refractivity contribution in [2.75, 3.05) is 0 Å². The number of fused-ring (bicyclic) bond motifs is 8. The van der Waals surface area contributed by atoms with E-state index in [4.69, 9.17) is 0 Å². The van der Waals surface area contributed by atoms with Crippen molar-refractivity contribution in [2.24, 2.45) is 0 Å². The molecule has 0 radical (unpaired) electrons. The maximum absolute atomic E-state index is 10.5. The van der Waals surface area contributed by atoms with Crippen molar-refractivity contribution >= 4 is 32.3 Å². The molecule has 0 aliphatic heterocycles. The van der Waals surface area contributed by atoms with Crippen molar-refractivity contribution in [3.63, 3.8) is 0 Å². The fourth-order valence-corrected chi connectivity index (χ4v) is 8.43. The van der Waals surface area contributed by atoms with Crippen LogP contribution < -0.4 is 0 Å². The minimum absolute atomic E-state index is 0.422. The highest BCUT2D eigenvalue weighted by atomic mass is 14.4. The molecule has 2 aliphatic rings. The van der Waals surface area contributed by atoms with Crippen LogP contribution >= 0.6 is 0 Å². The first-order valence-electron chi connectivity index (χ1n) is 16.3. The van der Waals surface area contributed by atoms with E-state index in [-0.39, 0.29) is 0 Å². The highest BCUT2D eigenvalue weighted by Gasteiger charge is 2.35. The van der Waals surface area contributed by atoms with Crippen LogP contribution in [0.1, 0.15) is 22.3 Å². The molecule has 0 heterocycles. The molecular weight excluding hydrogens is 609 g/mol. The molecule has 0 unspecified atom stereocenters. The minimum Gasteiger partial charge on any atom is -0.192 e. The van der Waals surface area contributed by atoms with E-state index in [1.165, 1.54) is 27.6 Å². The molecule has 2 aliphatic carbocycles. The summed E-state index contributed by atoms with van der Waals surface area (Å²) in [4.78, 5) is 0. The van der Waals surface area contributed by atoms with E-state index in [0.717, 1.165) is 71.4 Å². The van der Waals surface area contributed by atoms with Gasteiger partial charge in [0.1, 0.15) is 0 Å². The molecule has 0 fully saturated rings. The van der Waals surface area contributed by atoms with E-state index in [2.05, 4.69) is 97.1 Å². The van der Waals surface area contributed by atoms with E-state index in [9.17, 15) is 21.0 Å². The summed E-state index contributed by atoms with van der Waals surface area (Å²) >= 11 is 0. The van der Waals surface area contributed by atoms with Gasteiger partial charge in [-0.1, -0.05) is 84.9 Å². The summed E-state index contributed by atoms with van der Waals surface area (Å²) in [5.41, 5.74) is 13.9. The van der Waals surface area contributed by atoms with E-state index in [1.807, 2.05) is 24.3 Å². The molecule has 4 heteroatoms. The van der Waals surface area contributed by atoms with Crippen LogP contribution in [0, 0.1) is 45.3 Å². The van der Waals surface area contributed by atoms with E-state index < -0.39 is 0 Å². The summed E-state index contributed by atoms with van der Waals surface area (Å²) < 4.78 is 0. The van der Waals surface area contributed by atoms with Gasteiger partial charge >= 0.3 is 0 Å². The molecule has 0 saturated carbocycles. The summed E-state index contributed by atoms with van der Waals surface area (Å²) in [6, 6.07) is 49.8. The van der Waals surface area contributed by atoms with Crippen molar-refractivity contribution in [1.82, 2.24) is 0 Å². The first kappa shape index (κ1) is 27.6. The van der Waals surface area contributed by atoms with Gasteiger partial charge in [0.15, 0.2) is 0 Å². The van der Waals surface area contributed by atoms with Crippen LogP contribution in [0.5, 0.6) is 0 Å². The Labute approximate surface area is 287 Å². The summed E-state index contributed by atoms with van der Waals surface area (Å²) in [6.45, 7) is 0. The molecule has 10 rings (SSSR count). The van der Waals surface area contributed by atoms with Crippen LogP contribution in [0.4, 0.5) is 0 Å². The van der Waals surface area contributed by atoms with Crippen LogP contribution in [0.2, 0.25) is 0 Å². The predicted molar refractivity (Wildman–Crippen MR) is 198 cm³/mol. The fraction of sp³-hybridized carbons (Fsp3) is 0. The standard InChI is InChI=1S/C46H20N4/c47-21-25-9-11-31(29(17-25)23-49)41-39-19-27-5-1-2-6-28(27)20-40(39)42(32-12-10-26(22-48)18-30(32)24-50)46-38-16-14-36-34-8-4-3-7-33(34)35-13-15-37(45(41)46)44(38)43(35)36/h1-20H. The molecule has 0 atom stereocenters. The Morgan fingerprint density at radius 1 is 0.320 bits per heavy atom. The molecule has 0 amide bonds. The molecule has 0 spiro atoms. The van der Waals surface area contributed by atoms with Gasteiger partial charge in [-0.15, -0.1) is 0 Å². The lowest BCUT2D eigenvalue weighted by atomic mass is 9.80. The van der Waals surface area contributed by atoms with Gasteiger partial charge < -0.3 is 0 Å². The number of hydrogen-bond acceptors (Lipinski definition) is 4. The lowest BCUT2D eigenvalue weighted by Gasteiger charge is -2.22. The molecule has 0 N–H and O–H groups in total. The molecule has 4 nitrogen and oxygen atoms in total. The average Bonchev–Trinajstić information content (AvgIpc) is 3.68. The Morgan fingerprint density at radius 2 is 0.720 bits per heavy atom. The maximum atomic E-state index is 10.5. The zero-order chi connectivity index (χ0) is 33.7. The number of nitriles is 4. The third-order valence-electron chi connectivity index (χ3n) is 10.5. The Kier molecular flexibility index (Phi) is 5.52. The molecule has 8 aromatic rings. The number of benzene rings is 8. The molecule has 8 aromatic carbocycles. The van der Waals surface area contributed by atoms with Gasteiger partial charge in [0.2, 0.25) is 0 Å². The van der Waals surface area contributed by atoms with Crippen molar-refractivity contribution < 1.29 is 0 Å². The second-order valence-corrected chi connectivity index (χ2v) is 12.8. The van der Waals surface area contributed by atoms with Crippen molar-refractivity contribution in [3.05, 3.63) is 144 Å². The van der Waals surface area contributed by atoms with Crippen LogP contribution in [0.15, 0.2) is 121 Å². The van der Waals surface area contributed by atoms with Gasteiger partial charge in [-0.2, -0.15) is 21.0 Å². The van der Waals surface area contributed by atoms with Crippen LogP contribution in [-0.2, 0) is 0 Å². The Hall–Kier alpha value is -7.50. The number of hydrogen-bond donors (Lipinski definition) is 0. The zero-order valence-electron chi connectivity index (χ0n) is 26.3. The summed E-state index contributed by atoms with van der Waals surface area (Å²) in [5.74, 6) is 0. The summed E-state index contributed by atoms with van der Waals surface area (Å²) in [6.07, 6.45) is 0. The quantitative estimate of drug-likeness (QED) is 0.178. The zero-order valence-corrected chi connectivity index (χ0v) is 26.3. The van der Waals surface area contributed by atoms with Crippen LogP contribution in [0.3, 0.4) is 0 Å². The third-order valence-corrected chi connectivity index (χ3v) is 10.5. The second kappa shape index (κ2) is 10.0. The van der Waals surface area contributed by atoms with Gasteiger partial charge in [0, 0.05) is 11.1 Å². The molecule has 224 valence electrons. The van der Waals surface area contributed by atoms with E-state index >= 15 is 0 Å². The van der Waals surface area contributed by atoms with Gasteiger partial charge in [0.25, 0.3) is 0 Å². The first-order valence-corrected chi connectivity index (χ1v) is 16.3. The molecule has 0 bridgehead atoms. The normalized spacial score (nSPS) is 11.5. The van der Waals surface area contributed by atoms with Crippen molar-refractivity contribution in [2.45, 2.75) is 0 Å². The van der Waals surface area contributed by atoms with Gasteiger partial charge in [-0.3, -0.25) is 0 Å². The van der Waals surface area contributed by atoms with Crippen molar-refractivity contribution in [3.8, 4) is 91.0 Å². The Bertz CT molecular complexity index is 2880. The van der Waals surface area contributed by atoms with Gasteiger partial charge in [-0.05, 0) is 124 Å². The van der Waals surface area contributed by atoms with Crippen LogP contribution in [-0.4, -0.2) is 0 Å². The Morgan fingerprint density at radius 3 is 1.16 bits per heavy atom. The largest absolute Gasteiger partial charge is 0.192 e. The molecular formula is C46H20N4. The highest BCUT2D eigenvalue weighted by Crippen LogP contribution is 2.62. The average molecular weight is 629 g/mol. The van der Waals surface area contributed by atoms with Crippen molar-refractivity contribution in [1.29, 1.82) is 21.0 Å². The first-order chi connectivity index (χ1) is 24.6. The topological polar surface area (TPSA) is 95.2 Å². The monoisotopic (exact) mass is 628 g/mol. The van der Waals surface area contributed by atoms with Gasteiger partial charge in [0.05, 0.1) is 46.5 Å². The van der Waals surface area contributed by atoms with E-state index in [0.29, 0.717) is 22.3 Å². The SMILES string of the molecule is N#Cc1ccc(-c2c3c(c(-c4ccc(C#N)cc4C#N)c4cc5ccccc5cc24)-c2ccc4c5c(ccc-3c25)-c2ccccc2-4)c(C#N)c1. The minimum atomic E-state index is 0.422. The van der Waals surface area contributed by atoms with E-state index in [1.54, 1.807) is 24.3 Å². The van der Waals surface area contributed by atoms with Crippen LogP contribution in [0.25, 0.3) is 99.1 Å². The number of rotatable bonds is 2. The fourth-order valence-electron chi connectivity index (χ4n) is 8.43.